The molecule has 2 heterocycles. The zero-order chi connectivity index (χ0) is 17.2. The van der Waals surface area contributed by atoms with Crippen LogP contribution in [0.5, 0.6) is 0 Å². The van der Waals surface area contributed by atoms with Crippen LogP contribution in [0.25, 0.3) is 22.3 Å². The molecule has 0 aliphatic heterocycles. The van der Waals surface area contributed by atoms with Gasteiger partial charge in [0, 0.05) is 10.6 Å². The first-order valence-electron chi connectivity index (χ1n) is 7.72. The Kier molecular flexibility index (Phi) is 3.95. The van der Waals surface area contributed by atoms with Gasteiger partial charge in [-0.15, -0.1) is 0 Å². The lowest BCUT2D eigenvalue weighted by Crippen LogP contribution is -2.23. The largest absolute Gasteiger partial charge is 0.343 e. The van der Waals surface area contributed by atoms with Crippen molar-refractivity contribution in [3.05, 3.63) is 71.1 Å². The fourth-order valence-electron chi connectivity index (χ4n) is 2.56. The van der Waals surface area contributed by atoms with Crippen LogP contribution in [0.1, 0.15) is 16.3 Å². The number of aromatic amines is 2. The summed E-state index contributed by atoms with van der Waals surface area (Å²) in [6.45, 7) is 0.308. The Morgan fingerprint density at radius 1 is 1.12 bits per heavy atom. The van der Waals surface area contributed by atoms with Crippen LogP contribution in [0.4, 0.5) is 0 Å². The van der Waals surface area contributed by atoms with Gasteiger partial charge in [0.25, 0.3) is 5.91 Å². The van der Waals surface area contributed by atoms with E-state index < -0.39 is 0 Å². The highest BCUT2D eigenvalue weighted by Gasteiger charge is 2.12. The van der Waals surface area contributed by atoms with E-state index >= 15 is 0 Å². The van der Waals surface area contributed by atoms with Crippen LogP contribution in [0.15, 0.2) is 54.6 Å². The summed E-state index contributed by atoms with van der Waals surface area (Å²) in [6, 6.07) is 16.7. The summed E-state index contributed by atoms with van der Waals surface area (Å²) >= 11 is 5.88. The van der Waals surface area contributed by atoms with Gasteiger partial charge in [-0.05, 0) is 30.3 Å². The van der Waals surface area contributed by atoms with E-state index in [1.165, 1.54) is 0 Å². The van der Waals surface area contributed by atoms with Crippen LogP contribution in [-0.4, -0.2) is 26.1 Å². The summed E-state index contributed by atoms with van der Waals surface area (Å²) in [6.07, 6.45) is 0. The number of fused-ring (bicyclic) bond motifs is 1. The van der Waals surface area contributed by atoms with Crippen LogP contribution in [0.2, 0.25) is 5.02 Å². The third-order valence-corrected chi connectivity index (χ3v) is 4.07. The van der Waals surface area contributed by atoms with E-state index in [0.717, 1.165) is 16.6 Å². The van der Waals surface area contributed by atoms with E-state index in [0.29, 0.717) is 28.8 Å². The summed E-state index contributed by atoms with van der Waals surface area (Å²) in [7, 11) is 0. The molecular formula is C18H14ClN5O. The number of aromatic nitrogens is 4. The van der Waals surface area contributed by atoms with Gasteiger partial charge < -0.3 is 10.3 Å². The van der Waals surface area contributed by atoms with E-state index in [2.05, 4.69) is 25.5 Å². The second-order valence-corrected chi connectivity index (χ2v) is 5.99. The van der Waals surface area contributed by atoms with Crippen molar-refractivity contribution in [2.75, 3.05) is 0 Å². The SMILES string of the molecule is O=C(NCc1nc2ccccc2[nH]1)c1cc(-c2ccc(Cl)cc2)n[nH]1. The maximum atomic E-state index is 12.3. The lowest BCUT2D eigenvalue weighted by molar-refractivity contribution is 0.0945. The van der Waals surface area contributed by atoms with Crippen LogP contribution in [0, 0.1) is 0 Å². The van der Waals surface area contributed by atoms with E-state index in [9.17, 15) is 4.79 Å². The van der Waals surface area contributed by atoms with Gasteiger partial charge in [0.1, 0.15) is 11.5 Å². The molecular weight excluding hydrogens is 338 g/mol. The molecule has 2 aromatic carbocycles. The van der Waals surface area contributed by atoms with Crippen molar-refractivity contribution in [2.45, 2.75) is 6.54 Å². The third-order valence-electron chi connectivity index (χ3n) is 3.82. The molecule has 4 rings (SSSR count). The normalized spacial score (nSPS) is 10.9. The first-order valence-corrected chi connectivity index (χ1v) is 8.10. The van der Waals surface area contributed by atoms with E-state index in [1.807, 2.05) is 36.4 Å². The molecule has 2 aromatic heterocycles. The number of nitrogens with zero attached hydrogens (tertiary/aromatic N) is 2. The molecule has 3 N–H and O–H groups in total. The molecule has 4 aromatic rings. The standard InChI is InChI=1S/C18H14ClN5O/c19-12-7-5-11(6-8-12)15-9-16(24-23-15)18(25)20-10-17-21-13-3-1-2-4-14(13)22-17/h1-9H,10H2,(H,20,25)(H,21,22)(H,23,24). The van der Waals surface area contributed by atoms with Crippen molar-refractivity contribution in [2.24, 2.45) is 0 Å². The van der Waals surface area contributed by atoms with E-state index in [4.69, 9.17) is 11.6 Å². The minimum Gasteiger partial charge on any atom is -0.343 e. The first kappa shape index (κ1) is 15.4. The highest BCUT2D eigenvalue weighted by Crippen LogP contribution is 2.20. The van der Waals surface area contributed by atoms with Crippen molar-refractivity contribution < 1.29 is 4.79 Å². The van der Waals surface area contributed by atoms with Gasteiger partial charge in [-0.25, -0.2) is 4.98 Å². The van der Waals surface area contributed by atoms with Crippen molar-refractivity contribution in [3.63, 3.8) is 0 Å². The quantitative estimate of drug-likeness (QED) is 0.525. The van der Waals surface area contributed by atoms with Gasteiger partial charge in [-0.1, -0.05) is 35.9 Å². The topological polar surface area (TPSA) is 86.5 Å². The molecule has 1 amide bonds. The van der Waals surface area contributed by atoms with Gasteiger partial charge in [0.2, 0.25) is 0 Å². The molecule has 0 spiro atoms. The second kappa shape index (κ2) is 6.41. The fourth-order valence-corrected chi connectivity index (χ4v) is 2.68. The summed E-state index contributed by atoms with van der Waals surface area (Å²) in [5, 5.41) is 10.4. The maximum Gasteiger partial charge on any atom is 0.269 e. The summed E-state index contributed by atoms with van der Waals surface area (Å²) < 4.78 is 0. The van der Waals surface area contributed by atoms with Crippen molar-refractivity contribution in [1.29, 1.82) is 0 Å². The summed E-state index contributed by atoms with van der Waals surface area (Å²) in [5.74, 6) is 0.458. The molecule has 0 radical (unpaired) electrons. The summed E-state index contributed by atoms with van der Waals surface area (Å²) in [4.78, 5) is 19.9. The van der Waals surface area contributed by atoms with Crippen molar-refractivity contribution in [1.82, 2.24) is 25.5 Å². The monoisotopic (exact) mass is 351 g/mol. The first-order chi connectivity index (χ1) is 12.2. The van der Waals surface area contributed by atoms with Crippen LogP contribution in [0.3, 0.4) is 0 Å². The summed E-state index contributed by atoms with van der Waals surface area (Å²) in [5.41, 5.74) is 3.78. The number of benzene rings is 2. The van der Waals surface area contributed by atoms with Crippen LogP contribution in [-0.2, 0) is 6.54 Å². The zero-order valence-electron chi connectivity index (χ0n) is 13.1. The highest BCUT2D eigenvalue weighted by molar-refractivity contribution is 6.30. The van der Waals surface area contributed by atoms with Gasteiger partial charge in [0.05, 0.1) is 23.3 Å². The Hall–Kier alpha value is -3.12. The van der Waals surface area contributed by atoms with Crippen molar-refractivity contribution in [3.8, 4) is 11.3 Å². The van der Waals surface area contributed by atoms with E-state index in [-0.39, 0.29) is 5.91 Å². The molecule has 6 nitrogen and oxygen atoms in total. The zero-order valence-corrected chi connectivity index (χ0v) is 13.8. The van der Waals surface area contributed by atoms with Crippen molar-refractivity contribution >= 4 is 28.5 Å². The number of hydrogen-bond acceptors (Lipinski definition) is 3. The Balaban J connectivity index is 1.45. The number of para-hydroxylation sites is 2. The Labute approximate surface area is 148 Å². The predicted molar refractivity (Wildman–Crippen MR) is 96.3 cm³/mol. The molecule has 7 heteroatoms. The van der Waals surface area contributed by atoms with Crippen LogP contribution < -0.4 is 5.32 Å². The molecule has 0 aliphatic carbocycles. The number of amides is 1. The Bertz CT molecular complexity index is 1000. The number of carbonyl (C=O) groups is 1. The minimum absolute atomic E-state index is 0.242. The fraction of sp³-hybridized carbons (Fsp3) is 0.0556. The average molecular weight is 352 g/mol. The smallest absolute Gasteiger partial charge is 0.269 e. The highest BCUT2D eigenvalue weighted by atomic mass is 35.5. The average Bonchev–Trinajstić information content (AvgIpc) is 3.27. The van der Waals surface area contributed by atoms with Crippen LogP contribution >= 0.6 is 11.6 Å². The van der Waals surface area contributed by atoms with Gasteiger partial charge in [-0.2, -0.15) is 5.10 Å². The Morgan fingerprint density at radius 3 is 2.72 bits per heavy atom. The number of nitrogens with one attached hydrogen (secondary N) is 3. The molecule has 0 unspecified atom stereocenters. The maximum absolute atomic E-state index is 12.3. The van der Waals surface area contributed by atoms with Gasteiger partial charge in [0.15, 0.2) is 0 Å². The molecule has 0 atom stereocenters. The van der Waals surface area contributed by atoms with E-state index in [1.54, 1.807) is 18.2 Å². The Morgan fingerprint density at radius 2 is 1.92 bits per heavy atom. The van der Waals surface area contributed by atoms with Gasteiger partial charge >= 0.3 is 0 Å². The minimum atomic E-state index is -0.242. The number of carbonyl (C=O) groups excluding carboxylic acids is 1. The lowest BCUT2D eigenvalue weighted by atomic mass is 10.1. The van der Waals surface area contributed by atoms with Gasteiger partial charge in [-0.3, -0.25) is 9.89 Å². The number of H-pyrrole nitrogens is 2. The molecule has 0 fully saturated rings. The number of hydrogen-bond donors (Lipinski definition) is 3. The molecule has 0 saturated carbocycles. The molecule has 0 saturated heterocycles. The number of imidazole rings is 1. The lowest BCUT2D eigenvalue weighted by Gasteiger charge is -2.00. The molecule has 0 bridgehead atoms. The molecule has 124 valence electrons. The predicted octanol–water partition coefficient (Wildman–Crippen LogP) is 3.54. The third kappa shape index (κ3) is 3.25. The number of halogens is 1. The number of rotatable bonds is 4. The molecule has 25 heavy (non-hydrogen) atoms. The molecule has 0 aliphatic rings. The second-order valence-electron chi connectivity index (χ2n) is 5.56.